The van der Waals surface area contributed by atoms with Gasteiger partial charge in [0.05, 0.1) is 18.8 Å². The first-order chi connectivity index (χ1) is 16.5. The van der Waals surface area contributed by atoms with E-state index in [1.807, 2.05) is 12.1 Å². The largest absolute Gasteiger partial charge is 0.416 e. The molecule has 1 saturated heterocycles. The smallest absolute Gasteiger partial charge is 0.375 e. The summed E-state index contributed by atoms with van der Waals surface area (Å²) in [5.74, 6) is 0.181. The molecule has 1 atom stereocenters. The summed E-state index contributed by atoms with van der Waals surface area (Å²) in [6.07, 6.45) is -1.58. The highest BCUT2D eigenvalue weighted by Crippen LogP contribution is 2.42. The fourth-order valence-corrected chi connectivity index (χ4v) is 5.68. The van der Waals surface area contributed by atoms with Gasteiger partial charge in [0, 0.05) is 5.41 Å². The van der Waals surface area contributed by atoms with Crippen LogP contribution in [0.1, 0.15) is 53.0 Å². The average molecular weight is 466 g/mol. The maximum absolute atomic E-state index is 13.1. The molecule has 0 aliphatic carbocycles. The Labute approximate surface area is 199 Å². The molecule has 2 aliphatic heterocycles. The number of likely N-dealkylation sites (tertiary alicyclic amines) is 1. The van der Waals surface area contributed by atoms with Crippen LogP contribution in [0.4, 0.5) is 13.2 Å². The molecule has 3 aromatic carbocycles. The van der Waals surface area contributed by atoms with Crippen molar-refractivity contribution in [2.75, 3.05) is 26.2 Å². The molecule has 2 nitrogen and oxygen atoms in total. The van der Waals surface area contributed by atoms with Gasteiger partial charge in [-0.3, -0.25) is 0 Å². The molecule has 1 fully saturated rings. The number of alkyl halides is 3. The van der Waals surface area contributed by atoms with Gasteiger partial charge in [-0.25, -0.2) is 0 Å². The van der Waals surface area contributed by atoms with Gasteiger partial charge in [0.1, 0.15) is 0 Å². The monoisotopic (exact) mass is 465 g/mol. The van der Waals surface area contributed by atoms with Crippen LogP contribution in [-0.2, 0) is 22.9 Å². The summed E-state index contributed by atoms with van der Waals surface area (Å²) in [5, 5.41) is 0. The van der Waals surface area contributed by atoms with E-state index in [1.165, 1.54) is 28.8 Å². The van der Waals surface area contributed by atoms with E-state index >= 15 is 0 Å². The summed E-state index contributed by atoms with van der Waals surface area (Å²) >= 11 is 0. The van der Waals surface area contributed by atoms with Gasteiger partial charge in [-0.15, -0.1) is 0 Å². The average Bonchev–Trinajstić information content (AvgIpc) is 2.88. The van der Waals surface area contributed by atoms with E-state index in [0.717, 1.165) is 50.5 Å². The van der Waals surface area contributed by atoms with E-state index in [1.54, 1.807) is 0 Å². The van der Waals surface area contributed by atoms with Crippen LogP contribution < -0.4 is 0 Å². The minimum Gasteiger partial charge on any atom is -0.375 e. The van der Waals surface area contributed by atoms with E-state index in [9.17, 15) is 13.2 Å². The van der Waals surface area contributed by atoms with Gasteiger partial charge in [-0.1, -0.05) is 72.8 Å². The Balaban J connectivity index is 1.29. The molecule has 0 bridgehead atoms. The van der Waals surface area contributed by atoms with Crippen molar-refractivity contribution in [3.8, 4) is 0 Å². The van der Waals surface area contributed by atoms with E-state index in [-0.39, 0.29) is 11.3 Å². The lowest BCUT2D eigenvalue weighted by molar-refractivity contribution is -0.137. The van der Waals surface area contributed by atoms with Crippen LogP contribution >= 0.6 is 0 Å². The van der Waals surface area contributed by atoms with Crippen molar-refractivity contribution in [3.63, 3.8) is 0 Å². The molecule has 1 unspecified atom stereocenters. The van der Waals surface area contributed by atoms with E-state index < -0.39 is 11.7 Å². The van der Waals surface area contributed by atoms with Gasteiger partial charge >= 0.3 is 6.18 Å². The second-order valence-electron chi connectivity index (χ2n) is 9.59. The van der Waals surface area contributed by atoms with Crippen LogP contribution in [-0.4, -0.2) is 31.1 Å². The molecular weight excluding hydrogens is 435 g/mol. The molecule has 5 heteroatoms. The van der Waals surface area contributed by atoms with Crippen molar-refractivity contribution < 1.29 is 17.9 Å². The second kappa shape index (κ2) is 9.55. The maximum atomic E-state index is 13.1. The third kappa shape index (κ3) is 4.64. The van der Waals surface area contributed by atoms with Crippen LogP contribution in [0.5, 0.6) is 0 Å². The summed E-state index contributed by atoms with van der Waals surface area (Å²) in [7, 11) is 0. The lowest BCUT2D eigenvalue weighted by Crippen LogP contribution is -2.42. The van der Waals surface area contributed by atoms with Crippen LogP contribution in [0, 0.1) is 0 Å². The standard InChI is InChI=1S/C29H30F3NO/c30-29(31,32)26-11-6-8-23(19-26)22-13-16-33(17-14-22)18-15-28(25-9-2-1-3-10-25)21-34-20-24-7-4-5-12-27(24)28/h1-12,19,22H,13-18,20-21H2. The number of piperidine rings is 1. The molecule has 2 aliphatic rings. The summed E-state index contributed by atoms with van der Waals surface area (Å²) in [6, 6.07) is 25.1. The van der Waals surface area contributed by atoms with Crippen LogP contribution in [0.25, 0.3) is 0 Å². The molecule has 34 heavy (non-hydrogen) atoms. The Morgan fingerprint density at radius 1 is 0.882 bits per heavy atom. The van der Waals surface area contributed by atoms with Crippen molar-refractivity contribution in [1.29, 1.82) is 0 Å². The highest BCUT2D eigenvalue weighted by atomic mass is 19.4. The zero-order chi connectivity index (χ0) is 23.6. The number of hydrogen-bond donors (Lipinski definition) is 0. The predicted molar refractivity (Wildman–Crippen MR) is 128 cm³/mol. The zero-order valence-electron chi connectivity index (χ0n) is 19.2. The van der Waals surface area contributed by atoms with Crippen molar-refractivity contribution in [2.45, 2.75) is 43.4 Å². The molecule has 178 valence electrons. The lowest BCUT2D eigenvalue weighted by atomic mass is 9.70. The minimum absolute atomic E-state index is 0.181. The normalized spacial score (nSPS) is 21.9. The summed E-state index contributed by atoms with van der Waals surface area (Å²) in [6.45, 7) is 4.03. The Morgan fingerprint density at radius 2 is 1.62 bits per heavy atom. The van der Waals surface area contributed by atoms with Crippen molar-refractivity contribution >= 4 is 0 Å². The molecule has 5 rings (SSSR count). The fraction of sp³-hybridized carbons (Fsp3) is 0.379. The van der Waals surface area contributed by atoms with Gasteiger partial charge in [0.15, 0.2) is 0 Å². The van der Waals surface area contributed by atoms with Gasteiger partial charge < -0.3 is 9.64 Å². The van der Waals surface area contributed by atoms with Crippen LogP contribution in [0.2, 0.25) is 0 Å². The van der Waals surface area contributed by atoms with Crippen molar-refractivity contribution in [2.24, 2.45) is 0 Å². The van der Waals surface area contributed by atoms with Gasteiger partial charge in [0.25, 0.3) is 0 Å². The molecule has 0 aromatic heterocycles. The molecule has 0 radical (unpaired) electrons. The summed E-state index contributed by atoms with van der Waals surface area (Å²) < 4.78 is 45.5. The molecule has 0 N–H and O–H groups in total. The topological polar surface area (TPSA) is 12.5 Å². The predicted octanol–water partition coefficient (Wildman–Crippen LogP) is 6.79. The number of fused-ring (bicyclic) bond motifs is 1. The third-order valence-corrected chi connectivity index (χ3v) is 7.59. The Hall–Kier alpha value is -2.63. The zero-order valence-corrected chi connectivity index (χ0v) is 19.2. The Kier molecular flexibility index (Phi) is 6.50. The highest BCUT2D eigenvalue weighted by Gasteiger charge is 2.39. The number of nitrogens with zero attached hydrogens (tertiary/aromatic N) is 1. The van der Waals surface area contributed by atoms with E-state index in [2.05, 4.69) is 53.4 Å². The van der Waals surface area contributed by atoms with Crippen molar-refractivity contribution in [3.05, 3.63) is 107 Å². The first-order valence-electron chi connectivity index (χ1n) is 12.1. The van der Waals surface area contributed by atoms with Crippen LogP contribution in [0.15, 0.2) is 78.9 Å². The number of ether oxygens (including phenoxy) is 1. The maximum Gasteiger partial charge on any atom is 0.416 e. The number of halogens is 3. The van der Waals surface area contributed by atoms with Crippen LogP contribution in [0.3, 0.4) is 0 Å². The Bertz CT molecular complexity index is 1110. The Morgan fingerprint density at radius 3 is 2.38 bits per heavy atom. The number of benzene rings is 3. The highest BCUT2D eigenvalue weighted by molar-refractivity contribution is 5.45. The lowest BCUT2D eigenvalue weighted by Gasteiger charge is -2.42. The number of rotatable bonds is 5. The SMILES string of the molecule is FC(F)(F)c1cccc(C2CCN(CCC3(c4ccccc4)COCc4ccccc43)CC2)c1. The van der Waals surface area contributed by atoms with Gasteiger partial charge in [0.2, 0.25) is 0 Å². The van der Waals surface area contributed by atoms with E-state index in [0.29, 0.717) is 13.2 Å². The third-order valence-electron chi connectivity index (χ3n) is 7.59. The molecule has 0 saturated carbocycles. The molecule has 2 heterocycles. The summed E-state index contributed by atoms with van der Waals surface area (Å²) in [5.41, 5.74) is 3.96. The van der Waals surface area contributed by atoms with Crippen molar-refractivity contribution in [1.82, 2.24) is 4.90 Å². The first-order valence-corrected chi connectivity index (χ1v) is 12.1. The van der Waals surface area contributed by atoms with Gasteiger partial charge in [-0.2, -0.15) is 13.2 Å². The van der Waals surface area contributed by atoms with Gasteiger partial charge in [-0.05, 0) is 73.1 Å². The first kappa shape index (κ1) is 23.1. The fourth-order valence-electron chi connectivity index (χ4n) is 5.68. The molecule has 0 amide bonds. The second-order valence-corrected chi connectivity index (χ2v) is 9.59. The number of hydrogen-bond acceptors (Lipinski definition) is 2. The molecule has 0 spiro atoms. The summed E-state index contributed by atoms with van der Waals surface area (Å²) in [4.78, 5) is 2.46. The minimum atomic E-state index is -4.29. The van der Waals surface area contributed by atoms with E-state index in [4.69, 9.17) is 4.74 Å². The molecular formula is C29H30F3NO. The molecule has 3 aromatic rings. The quantitative estimate of drug-likeness (QED) is 0.411.